The lowest BCUT2D eigenvalue weighted by atomic mass is 10.3. The topological polar surface area (TPSA) is 51.0 Å². The van der Waals surface area contributed by atoms with Gasteiger partial charge in [-0.1, -0.05) is 11.6 Å². The number of halogens is 6. The molecule has 2 heterocycles. The van der Waals surface area contributed by atoms with E-state index in [2.05, 4.69) is 10.1 Å². The van der Waals surface area contributed by atoms with E-state index in [9.17, 15) is 26.7 Å². The maximum Gasteiger partial charge on any atom is 0.454 e. The van der Waals surface area contributed by atoms with Crippen molar-refractivity contribution >= 4 is 35.0 Å². The third-order valence-corrected chi connectivity index (χ3v) is 4.96. The average Bonchev–Trinajstić information content (AvgIpc) is 3.01. The molecule has 0 aliphatic rings. The molecule has 0 radical (unpaired) electrons. The number of thioether (sulfide) groups is 1. The standard InChI is InChI=1S/C16H16ClF5N4OS/c1-2-25(13(27)5-7-28-10-15(18,19)16(20,21)22)12-9-26(24-14(12)17)11-4-3-6-23-8-11/h3-4,6,8-9H,2,5,7,10H2,1H3. The van der Waals surface area contributed by atoms with Crippen molar-refractivity contribution in [1.29, 1.82) is 0 Å². The van der Waals surface area contributed by atoms with E-state index in [0.29, 0.717) is 23.1 Å². The largest absolute Gasteiger partial charge is 0.454 e. The Hall–Kier alpha value is -1.88. The molecule has 2 aromatic heterocycles. The molecular weight excluding hydrogens is 427 g/mol. The van der Waals surface area contributed by atoms with Crippen molar-refractivity contribution in [3.05, 3.63) is 35.9 Å². The van der Waals surface area contributed by atoms with E-state index in [1.54, 1.807) is 31.5 Å². The Balaban J connectivity index is 2.00. The number of nitrogens with zero attached hydrogens (tertiary/aromatic N) is 4. The lowest BCUT2D eigenvalue weighted by molar-refractivity contribution is -0.271. The number of anilines is 1. The molecule has 0 aromatic carbocycles. The third kappa shape index (κ3) is 5.34. The Morgan fingerprint density at radius 1 is 1.32 bits per heavy atom. The smallest absolute Gasteiger partial charge is 0.308 e. The summed E-state index contributed by atoms with van der Waals surface area (Å²) >= 11 is 6.47. The highest BCUT2D eigenvalue weighted by Gasteiger charge is 2.56. The maximum absolute atomic E-state index is 12.9. The lowest BCUT2D eigenvalue weighted by Crippen LogP contribution is -2.39. The quantitative estimate of drug-likeness (QED) is 0.443. The number of carbonyl (C=O) groups excluding carboxylic acids is 1. The van der Waals surface area contributed by atoms with E-state index in [1.807, 2.05) is 0 Å². The van der Waals surface area contributed by atoms with Gasteiger partial charge in [0.05, 0.1) is 23.8 Å². The average molecular weight is 443 g/mol. The van der Waals surface area contributed by atoms with Crippen molar-refractivity contribution in [1.82, 2.24) is 14.8 Å². The summed E-state index contributed by atoms with van der Waals surface area (Å²) in [6.45, 7) is 1.90. The fraction of sp³-hybridized carbons (Fsp3) is 0.438. The minimum Gasteiger partial charge on any atom is -0.308 e. The first-order valence-corrected chi connectivity index (χ1v) is 9.58. The predicted molar refractivity (Wildman–Crippen MR) is 97.3 cm³/mol. The zero-order valence-electron chi connectivity index (χ0n) is 14.6. The molecule has 154 valence electrons. The van der Waals surface area contributed by atoms with E-state index < -0.39 is 23.8 Å². The second kappa shape index (κ2) is 9.08. The van der Waals surface area contributed by atoms with Gasteiger partial charge >= 0.3 is 12.1 Å². The number of aromatic nitrogens is 3. The molecule has 0 aliphatic carbocycles. The molecule has 0 saturated heterocycles. The number of hydrogen-bond donors (Lipinski definition) is 0. The number of hydrogen-bond acceptors (Lipinski definition) is 4. The summed E-state index contributed by atoms with van der Waals surface area (Å²) in [5.74, 6) is -6.87. The molecule has 2 rings (SSSR count). The normalized spacial score (nSPS) is 12.2. The molecule has 12 heteroatoms. The van der Waals surface area contributed by atoms with Crippen LogP contribution in [-0.4, -0.2) is 50.8 Å². The van der Waals surface area contributed by atoms with Gasteiger partial charge in [0, 0.05) is 24.9 Å². The van der Waals surface area contributed by atoms with Gasteiger partial charge < -0.3 is 4.90 Å². The highest BCUT2D eigenvalue weighted by molar-refractivity contribution is 7.99. The van der Waals surface area contributed by atoms with Gasteiger partial charge in [-0.3, -0.25) is 9.78 Å². The molecule has 28 heavy (non-hydrogen) atoms. The second-order valence-corrected chi connectivity index (χ2v) is 7.07. The number of amides is 1. The van der Waals surface area contributed by atoms with Gasteiger partial charge in [-0.15, -0.1) is 0 Å². The third-order valence-electron chi connectivity index (χ3n) is 3.63. The molecule has 0 N–H and O–H groups in total. The Labute approximate surface area is 166 Å². The summed E-state index contributed by atoms with van der Waals surface area (Å²) in [4.78, 5) is 17.6. The molecule has 5 nitrogen and oxygen atoms in total. The van der Waals surface area contributed by atoms with Gasteiger partial charge in [0.25, 0.3) is 0 Å². The zero-order valence-corrected chi connectivity index (χ0v) is 16.2. The Kier molecular flexibility index (Phi) is 7.27. The number of pyridine rings is 1. The molecule has 2 aromatic rings. The summed E-state index contributed by atoms with van der Waals surface area (Å²) in [5.41, 5.74) is 0.924. The van der Waals surface area contributed by atoms with Crippen molar-refractivity contribution in [3.8, 4) is 5.69 Å². The van der Waals surface area contributed by atoms with Crippen LogP contribution in [0.15, 0.2) is 30.7 Å². The number of rotatable bonds is 8. The first kappa shape index (κ1) is 22.4. The van der Waals surface area contributed by atoms with Crippen molar-refractivity contribution in [3.63, 3.8) is 0 Å². The van der Waals surface area contributed by atoms with Crippen LogP contribution in [-0.2, 0) is 4.79 Å². The molecule has 0 spiro atoms. The van der Waals surface area contributed by atoms with E-state index in [0.717, 1.165) is 0 Å². The minimum absolute atomic E-state index is 0.0512. The van der Waals surface area contributed by atoms with E-state index in [1.165, 1.54) is 15.8 Å². The van der Waals surface area contributed by atoms with Crippen LogP contribution in [0.5, 0.6) is 0 Å². The SMILES string of the molecule is CCN(C(=O)CCSCC(F)(F)C(F)(F)F)c1cn(-c2cccnc2)nc1Cl. The Morgan fingerprint density at radius 2 is 2.04 bits per heavy atom. The molecule has 0 saturated carbocycles. The molecule has 0 atom stereocenters. The van der Waals surface area contributed by atoms with Crippen LogP contribution in [0.25, 0.3) is 5.69 Å². The van der Waals surface area contributed by atoms with E-state index >= 15 is 0 Å². The lowest BCUT2D eigenvalue weighted by Gasteiger charge is -2.21. The molecule has 0 aliphatic heterocycles. The van der Waals surface area contributed by atoms with E-state index in [-0.39, 0.29) is 23.9 Å². The summed E-state index contributed by atoms with van der Waals surface area (Å²) in [5, 5.41) is 4.16. The molecule has 1 amide bonds. The van der Waals surface area contributed by atoms with Gasteiger partial charge in [0.2, 0.25) is 5.91 Å². The highest BCUT2D eigenvalue weighted by atomic mass is 35.5. The van der Waals surface area contributed by atoms with Crippen LogP contribution in [0.3, 0.4) is 0 Å². The number of alkyl halides is 5. The number of carbonyl (C=O) groups is 1. The maximum atomic E-state index is 12.9. The predicted octanol–water partition coefficient (Wildman–Crippen LogP) is 4.59. The molecule has 0 fully saturated rings. The summed E-state index contributed by atoms with van der Waals surface area (Å²) < 4.78 is 63.6. The first-order valence-electron chi connectivity index (χ1n) is 8.05. The van der Waals surface area contributed by atoms with Crippen LogP contribution >= 0.6 is 23.4 Å². The molecular formula is C16H16ClF5N4OS. The van der Waals surface area contributed by atoms with E-state index in [4.69, 9.17) is 11.6 Å². The fourth-order valence-electron chi connectivity index (χ4n) is 2.20. The Morgan fingerprint density at radius 3 is 2.61 bits per heavy atom. The molecule has 0 bridgehead atoms. The fourth-order valence-corrected chi connectivity index (χ4v) is 3.32. The second-order valence-electron chi connectivity index (χ2n) is 5.60. The Bertz CT molecular complexity index is 800. The van der Waals surface area contributed by atoms with Crippen molar-refractivity contribution in [2.45, 2.75) is 25.4 Å². The summed E-state index contributed by atoms with van der Waals surface area (Å²) in [7, 11) is 0. The van der Waals surface area contributed by atoms with Crippen LogP contribution in [0.1, 0.15) is 13.3 Å². The molecule has 0 unspecified atom stereocenters. The summed E-state index contributed by atoms with van der Waals surface area (Å²) in [6.07, 6.45) is -1.18. The summed E-state index contributed by atoms with van der Waals surface area (Å²) in [6, 6.07) is 3.43. The first-order chi connectivity index (χ1) is 13.1. The monoisotopic (exact) mass is 442 g/mol. The van der Waals surface area contributed by atoms with Crippen LogP contribution in [0.4, 0.5) is 27.6 Å². The highest BCUT2D eigenvalue weighted by Crippen LogP contribution is 2.38. The van der Waals surface area contributed by atoms with Gasteiger partial charge in [0.15, 0.2) is 5.15 Å². The van der Waals surface area contributed by atoms with Crippen molar-refractivity contribution in [2.75, 3.05) is 23.0 Å². The minimum atomic E-state index is -5.60. The zero-order chi connectivity index (χ0) is 20.9. The van der Waals surface area contributed by atoms with Crippen molar-refractivity contribution in [2.24, 2.45) is 0 Å². The van der Waals surface area contributed by atoms with Crippen LogP contribution in [0, 0.1) is 0 Å². The van der Waals surface area contributed by atoms with Crippen LogP contribution < -0.4 is 4.90 Å². The van der Waals surface area contributed by atoms with Gasteiger partial charge in [-0.25, -0.2) is 4.68 Å². The van der Waals surface area contributed by atoms with Gasteiger partial charge in [-0.05, 0) is 19.1 Å². The van der Waals surface area contributed by atoms with Gasteiger partial charge in [0.1, 0.15) is 5.69 Å². The van der Waals surface area contributed by atoms with Crippen LogP contribution in [0.2, 0.25) is 5.15 Å². The van der Waals surface area contributed by atoms with Crippen molar-refractivity contribution < 1.29 is 26.7 Å². The van der Waals surface area contributed by atoms with Gasteiger partial charge in [-0.2, -0.15) is 38.8 Å².